The number of fused-ring (bicyclic) bond motifs is 1. The van der Waals surface area contributed by atoms with E-state index >= 15 is 0 Å². The Bertz CT molecular complexity index is 1230. The highest BCUT2D eigenvalue weighted by Crippen LogP contribution is 2.26. The quantitative estimate of drug-likeness (QED) is 0.684. The van der Waals surface area contributed by atoms with Gasteiger partial charge < -0.3 is 5.32 Å². The van der Waals surface area contributed by atoms with Crippen molar-refractivity contribution in [3.05, 3.63) is 53.0 Å². The first-order chi connectivity index (χ1) is 13.3. The van der Waals surface area contributed by atoms with Crippen LogP contribution in [0.2, 0.25) is 0 Å². The summed E-state index contributed by atoms with van der Waals surface area (Å²) in [6.45, 7) is -0.383. The lowest BCUT2D eigenvalue weighted by atomic mass is 10.2. The number of hydrogen-bond acceptors (Lipinski definition) is 6. The second kappa shape index (κ2) is 6.82. The second-order valence-electron chi connectivity index (χ2n) is 6.57. The van der Waals surface area contributed by atoms with Gasteiger partial charge in [0.1, 0.15) is 17.9 Å². The van der Waals surface area contributed by atoms with Crippen molar-refractivity contribution in [2.75, 3.05) is 16.8 Å². The number of para-hydroxylation sites is 1. The molecule has 146 valence electrons. The van der Waals surface area contributed by atoms with Crippen LogP contribution in [0.5, 0.6) is 0 Å². The van der Waals surface area contributed by atoms with E-state index in [0.29, 0.717) is 17.5 Å². The van der Waals surface area contributed by atoms with Gasteiger partial charge in [-0.05, 0) is 18.6 Å². The average molecular weight is 405 g/mol. The van der Waals surface area contributed by atoms with Gasteiger partial charge >= 0.3 is 5.69 Å². The number of nitrogens with zero attached hydrogens (tertiary/aromatic N) is 4. The zero-order valence-electron chi connectivity index (χ0n) is 14.6. The van der Waals surface area contributed by atoms with Crippen molar-refractivity contribution < 1.29 is 17.6 Å². The number of sulfone groups is 1. The van der Waals surface area contributed by atoms with Crippen molar-refractivity contribution >= 4 is 32.5 Å². The van der Waals surface area contributed by atoms with Crippen molar-refractivity contribution in [1.29, 1.82) is 0 Å². The van der Waals surface area contributed by atoms with E-state index in [-0.39, 0.29) is 29.8 Å². The lowest BCUT2D eigenvalue weighted by Gasteiger charge is -2.11. The molecule has 3 heterocycles. The summed E-state index contributed by atoms with van der Waals surface area (Å²) in [5, 5.41) is 6.63. The largest absolute Gasteiger partial charge is 0.348 e. The highest BCUT2D eigenvalue weighted by Gasteiger charge is 2.31. The van der Waals surface area contributed by atoms with Crippen LogP contribution in [0.4, 0.5) is 10.1 Å². The summed E-state index contributed by atoms with van der Waals surface area (Å²) in [4.78, 5) is 28.3. The van der Waals surface area contributed by atoms with Crippen LogP contribution in [-0.2, 0) is 21.2 Å². The van der Waals surface area contributed by atoms with Gasteiger partial charge in [-0.25, -0.2) is 17.6 Å². The predicted molar refractivity (Wildman–Crippen MR) is 99.1 cm³/mol. The Labute approximate surface area is 158 Å². The normalized spacial score (nSPS) is 18.4. The fourth-order valence-corrected chi connectivity index (χ4v) is 4.98. The first-order valence-corrected chi connectivity index (χ1v) is 10.3. The van der Waals surface area contributed by atoms with E-state index < -0.39 is 27.3 Å². The van der Waals surface area contributed by atoms with E-state index in [1.807, 2.05) is 0 Å². The van der Waals surface area contributed by atoms with E-state index in [1.54, 1.807) is 6.07 Å². The van der Waals surface area contributed by atoms with Gasteiger partial charge in [0.25, 0.3) is 0 Å². The highest BCUT2D eigenvalue weighted by molar-refractivity contribution is 7.91. The van der Waals surface area contributed by atoms with Gasteiger partial charge in [0.2, 0.25) is 5.91 Å². The third-order valence-electron chi connectivity index (χ3n) is 4.64. The topological polar surface area (TPSA) is 116 Å². The molecule has 0 bridgehead atoms. The molecule has 1 fully saturated rings. The molecule has 3 aromatic rings. The molecule has 0 saturated carbocycles. The Kier molecular flexibility index (Phi) is 4.46. The summed E-state index contributed by atoms with van der Waals surface area (Å²) in [6.07, 6.45) is 3.15. The van der Waals surface area contributed by atoms with Crippen LogP contribution in [0.1, 0.15) is 12.5 Å². The number of anilines is 1. The molecular formula is C17H16FN5O4S. The van der Waals surface area contributed by atoms with Crippen LogP contribution in [-0.4, -0.2) is 45.2 Å². The molecule has 0 spiro atoms. The van der Waals surface area contributed by atoms with E-state index in [1.165, 1.54) is 35.3 Å². The van der Waals surface area contributed by atoms with Crippen molar-refractivity contribution in [3.63, 3.8) is 0 Å². The zero-order chi connectivity index (χ0) is 19.9. The minimum Gasteiger partial charge on any atom is -0.322 e. The minimum absolute atomic E-state index is 0.00698. The molecule has 0 radical (unpaired) electrons. The molecule has 1 N–H and O–H groups in total. The van der Waals surface area contributed by atoms with Crippen molar-refractivity contribution in [2.45, 2.75) is 19.0 Å². The molecular weight excluding hydrogens is 389 g/mol. The average Bonchev–Trinajstić information content (AvgIpc) is 3.22. The van der Waals surface area contributed by atoms with Gasteiger partial charge in [0, 0.05) is 0 Å². The maximum absolute atomic E-state index is 13.7. The van der Waals surface area contributed by atoms with Crippen LogP contribution in [0.3, 0.4) is 0 Å². The van der Waals surface area contributed by atoms with E-state index in [9.17, 15) is 22.4 Å². The Hall–Kier alpha value is -3.08. The first-order valence-electron chi connectivity index (χ1n) is 8.52. The van der Waals surface area contributed by atoms with Gasteiger partial charge in [0.05, 0.1) is 41.1 Å². The van der Waals surface area contributed by atoms with Crippen LogP contribution < -0.4 is 11.0 Å². The summed E-state index contributed by atoms with van der Waals surface area (Å²) in [5.74, 6) is -1.14. The van der Waals surface area contributed by atoms with Gasteiger partial charge in [-0.15, -0.1) is 0 Å². The third kappa shape index (κ3) is 3.40. The van der Waals surface area contributed by atoms with Gasteiger partial charge in [-0.1, -0.05) is 12.1 Å². The molecule has 9 nitrogen and oxygen atoms in total. The Morgan fingerprint density at radius 3 is 2.75 bits per heavy atom. The Balaban J connectivity index is 1.64. The monoisotopic (exact) mass is 405 g/mol. The van der Waals surface area contributed by atoms with Gasteiger partial charge in [0.15, 0.2) is 9.84 Å². The standard InChI is InChI=1S/C17H16FN5O4S/c18-12-3-1-2-4-13(12)21-16(24)9-22-14-8-20-23(15(14)7-19-17(22)25)11-5-6-28(26,27)10-11/h1-4,7-8,11H,5-6,9-10H2,(H,21,24). The molecule has 1 saturated heterocycles. The number of amides is 1. The van der Waals surface area contributed by atoms with Gasteiger partial charge in [-0.2, -0.15) is 10.1 Å². The van der Waals surface area contributed by atoms with E-state index in [0.717, 1.165) is 4.57 Å². The Morgan fingerprint density at radius 1 is 1.25 bits per heavy atom. The molecule has 1 unspecified atom stereocenters. The van der Waals surface area contributed by atoms with E-state index in [2.05, 4.69) is 15.4 Å². The van der Waals surface area contributed by atoms with E-state index in [4.69, 9.17) is 0 Å². The zero-order valence-corrected chi connectivity index (χ0v) is 15.4. The number of aromatic nitrogens is 4. The molecule has 0 aliphatic carbocycles. The fraction of sp³-hybridized carbons (Fsp3) is 0.294. The number of nitrogens with one attached hydrogen (secondary N) is 1. The van der Waals surface area contributed by atoms with Crippen molar-refractivity contribution in [2.24, 2.45) is 0 Å². The molecule has 1 aromatic carbocycles. The second-order valence-corrected chi connectivity index (χ2v) is 8.80. The first kappa shape index (κ1) is 18.3. The van der Waals surface area contributed by atoms with Crippen LogP contribution in [0, 0.1) is 5.82 Å². The lowest BCUT2D eigenvalue weighted by molar-refractivity contribution is -0.116. The molecule has 11 heteroatoms. The highest BCUT2D eigenvalue weighted by atomic mass is 32.2. The number of rotatable bonds is 4. The predicted octanol–water partition coefficient (Wildman–Crippen LogP) is 0.730. The van der Waals surface area contributed by atoms with Crippen LogP contribution in [0.15, 0.2) is 41.5 Å². The summed E-state index contributed by atoms with van der Waals surface area (Å²) in [6, 6.07) is 5.35. The number of carbonyl (C=O) groups excluding carboxylic acids is 1. The summed E-state index contributed by atoms with van der Waals surface area (Å²) in [7, 11) is -3.12. The molecule has 1 amide bonds. The summed E-state index contributed by atoms with van der Waals surface area (Å²) < 4.78 is 39.8. The van der Waals surface area contributed by atoms with Crippen molar-refractivity contribution in [3.8, 4) is 0 Å². The molecule has 1 aliphatic rings. The SMILES string of the molecule is O=C(Cn1c(=O)ncc2c1cnn2C1CCS(=O)(=O)C1)Nc1ccccc1F. The fourth-order valence-electron chi connectivity index (χ4n) is 3.29. The number of hydrogen-bond donors (Lipinski definition) is 1. The maximum atomic E-state index is 13.7. The van der Waals surface area contributed by atoms with Gasteiger partial charge in [-0.3, -0.25) is 14.0 Å². The molecule has 4 rings (SSSR count). The maximum Gasteiger partial charge on any atom is 0.348 e. The van der Waals surface area contributed by atoms with Crippen LogP contribution in [0.25, 0.3) is 11.0 Å². The molecule has 28 heavy (non-hydrogen) atoms. The summed E-state index contributed by atoms with van der Waals surface area (Å²) >= 11 is 0. The van der Waals surface area contributed by atoms with Crippen molar-refractivity contribution in [1.82, 2.24) is 19.3 Å². The molecule has 1 aliphatic heterocycles. The summed E-state index contributed by atoms with van der Waals surface area (Å²) in [5.41, 5.74) is 0.163. The number of benzene rings is 1. The minimum atomic E-state index is -3.12. The lowest BCUT2D eigenvalue weighted by Crippen LogP contribution is -2.29. The van der Waals surface area contributed by atoms with Crippen LogP contribution >= 0.6 is 0 Å². The number of halogens is 1. The smallest absolute Gasteiger partial charge is 0.322 e. The third-order valence-corrected chi connectivity index (χ3v) is 6.39. The Morgan fingerprint density at radius 2 is 2.04 bits per heavy atom. The molecule has 2 aromatic heterocycles. The number of carbonyl (C=O) groups is 1. The molecule has 1 atom stereocenters.